The summed E-state index contributed by atoms with van der Waals surface area (Å²) in [5.74, 6) is 0.109. The van der Waals surface area contributed by atoms with Crippen LogP contribution in [-0.2, 0) is 4.74 Å². The number of carbonyl (C=O) groups excluding carboxylic acids is 2. The van der Waals surface area contributed by atoms with Gasteiger partial charge >= 0.3 is 5.97 Å². The van der Waals surface area contributed by atoms with Crippen LogP contribution in [0.2, 0.25) is 0 Å². The number of benzene rings is 2. The van der Waals surface area contributed by atoms with Gasteiger partial charge in [0.05, 0.1) is 18.8 Å². The van der Waals surface area contributed by atoms with Crippen molar-refractivity contribution in [2.45, 2.75) is 26.7 Å². The maximum Gasteiger partial charge on any atom is 0.338 e. The number of ether oxygens (including phenoxy) is 2. The molecule has 0 aliphatic carbocycles. The number of anilines is 3. The van der Waals surface area contributed by atoms with E-state index in [0.29, 0.717) is 35.3 Å². The predicted octanol–water partition coefficient (Wildman–Crippen LogP) is 5.49. The molecule has 2 aromatic carbocycles. The van der Waals surface area contributed by atoms with Gasteiger partial charge in [0.25, 0.3) is 5.91 Å². The van der Waals surface area contributed by atoms with Crippen molar-refractivity contribution in [2.75, 3.05) is 23.8 Å². The zero-order valence-corrected chi connectivity index (χ0v) is 18.3. The summed E-state index contributed by atoms with van der Waals surface area (Å²) in [4.78, 5) is 28.8. The highest BCUT2D eigenvalue weighted by molar-refractivity contribution is 7.14. The van der Waals surface area contributed by atoms with Crippen LogP contribution >= 0.6 is 11.3 Å². The Hall–Kier alpha value is -3.39. The number of amides is 1. The van der Waals surface area contributed by atoms with Crippen molar-refractivity contribution in [3.63, 3.8) is 0 Å². The quantitative estimate of drug-likeness (QED) is 0.320. The molecule has 0 radical (unpaired) electrons. The minimum atomic E-state index is -0.365. The van der Waals surface area contributed by atoms with Gasteiger partial charge in [0.15, 0.2) is 5.13 Å². The Morgan fingerprint density at radius 3 is 2.39 bits per heavy atom. The zero-order chi connectivity index (χ0) is 22.1. The van der Waals surface area contributed by atoms with Crippen LogP contribution in [0.3, 0.4) is 0 Å². The van der Waals surface area contributed by atoms with Gasteiger partial charge in [0.2, 0.25) is 0 Å². The van der Waals surface area contributed by atoms with Gasteiger partial charge in [-0.25, -0.2) is 9.78 Å². The summed E-state index contributed by atoms with van der Waals surface area (Å²) in [5, 5.41) is 8.25. The van der Waals surface area contributed by atoms with E-state index in [-0.39, 0.29) is 11.9 Å². The normalized spacial score (nSPS) is 10.4. The Kier molecular flexibility index (Phi) is 8.00. The lowest BCUT2D eigenvalue weighted by molar-refractivity contribution is 0.0499. The molecule has 1 aromatic heterocycles. The molecule has 0 aliphatic heterocycles. The summed E-state index contributed by atoms with van der Waals surface area (Å²) in [7, 11) is 0. The van der Waals surface area contributed by atoms with Crippen LogP contribution in [0.1, 0.15) is 47.5 Å². The van der Waals surface area contributed by atoms with Gasteiger partial charge in [-0.15, -0.1) is 11.3 Å². The molecule has 8 heteroatoms. The number of aromatic nitrogens is 1. The first-order chi connectivity index (χ1) is 15.1. The second-order valence-electron chi connectivity index (χ2n) is 6.64. The first-order valence-electron chi connectivity index (χ1n) is 10.1. The van der Waals surface area contributed by atoms with Gasteiger partial charge < -0.3 is 20.1 Å². The molecule has 0 spiro atoms. The van der Waals surface area contributed by atoms with E-state index in [9.17, 15) is 9.59 Å². The smallest absolute Gasteiger partial charge is 0.338 e. The molecular weight excluding hydrogens is 414 g/mol. The van der Waals surface area contributed by atoms with Crippen molar-refractivity contribution in [1.82, 2.24) is 4.98 Å². The summed E-state index contributed by atoms with van der Waals surface area (Å²) >= 11 is 1.34. The van der Waals surface area contributed by atoms with E-state index < -0.39 is 0 Å². The van der Waals surface area contributed by atoms with Crippen molar-refractivity contribution in [1.29, 1.82) is 0 Å². The van der Waals surface area contributed by atoms with Gasteiger partial charge in [-0.2, -0.15) is 0 Å². The Labute approximate surface area is 185 Å². The molecule has 31 heavy (non-hydrogen) atoms. The van der Waals surface area contributed by atoms with E-state index in [0.717, 1.165) is 24.3 Å². The number of nitrogens with zero attached hydrogens (tertiary/aromatic N) is 1. The van der Waals surface area contributed by atoms with Crippen LogP contribution < -0.4 is 15.4 Å². The van der Waals surface area contributed by atoms with Gasteiger partial charge in [0, 0.05) is 16.8 Å². The van der Waals surface area contributed by atoms with E-state index in [1.807, 2.05) is 38.1 Å². The van der Waals surface area contributed by atoms with Gasteiger partial charge in [-0.3, -0.25) is 4.79 Å². The molecule has 1 amide bonds. The highest BCUT2D eigenvalue weighted by Gasteiger charge is 2.12. The number of hydrogen-bond acceptors (Lipinski definition) is 7. The lowest BCUT2D eigenvalue weighted by Crippen LogP contribution is -2.13. The van der Waals surface area contributed by atoms with Crippen molar-refractivity contribution in [3.8, 4) is 5.75 Å². The van der Waals surface area contributed by atoms with Crippen molar-refractivity contribution in [3.05, 3.63) is 65.2 Å². The number of nitrogens with one attached hydrogen (secondary N) is 2. The molecular formula is C23H25N3O4S. The van der Waals surface area contributed by atoms with Crippen LogP contribution in [0, 0.1) is 0 Å². The molecule has 0 bridgehead atoms. The molecule has 7 nitrogen and oxygen atoms in total. The van der Waals surface area contributed by atoms with Crippen LogP contribution in [0.15, 0.2) is 53.9 Å². The second-order valence-corrected chi connectivity index (χ2v) is 7.50. The monoisotopic (exact) mass is 439 g/mol. The first kappa shape index (κ1) is 22.3. The molecule has 1 heterocycles. The number of carbonyl (C=O) groups is 2. The molecule has 0 unspecified atom stereocenters. The minimum Gasteiger partial charge on any atom is -0.494 e. The summed E-state index contributed by atoms with van der Waals surface area (Å²) in [6.07, 6.45) is 1.80. The van der Waals surface area contributed by atoms with Crippen molar-refractivity contribution < 1.29 is 19.1 Å². The molecule has 3 aromatic rings. The molecule has 0 aliphatic rings. The van der Waals surface area contributed by atoms with Crippen LogP contribution in [-0.4, -0.2) is 30.1 Å². The zero-order valence-electron chi connectivity index (χ0n) is 17.5. The maximum absolute atomic E-state index is 12.5. The Morgan fingerprint density at radius 1 is 1.00 bits per heavy atom. The predicted molar refractivity (Wildman–Crippen MR) is 123 cm³/mol. The van der Waals surface area contributed by atoms with Crippen molar-refractivity contribution in [2.24, 2.45) is 0 Å². The molecule has 0 fully saturated rings. The van der Waals surface area contributed by atoms with Crippen LogP contribution in [0.4, 0.5) is 16.5 Å². The largest absolute Gasteiger partial charge is 0.494 e. The molecule has 0 saturated carbocycles. The Balaban J connectivity index is 1.55. The highest BCUT2D eigenvalue weighted by Crippen LogP contribution is 2.23. The fourth-order valence-corrected chi connectivity index (χ4v) is 3.35. The number of hydrogen-bond donors (Lipinski definition) is 2. The Bertz CT molecular complexity index is 1000. The average Bonchev–Trinajstić information content (AvgIpc) is 3.24. The van der Waals surface area contributed by atoms with Crippen molar-refractivity contribution >= 4 is 39.7 Å². The van der Waals surface area contributed by atoms with E-state index in [2.05, 4.69) is 15.6 Å². The SMILES string of the molecule is CCCCOC(=O)c1ccc(NC(=O)c2csc(Nc3ccc(OCC)cc3)n2)cc1. The third kappa shape index (κ3) is 6.55. The van der Waals surface area contributed by atoms with E-state index >= 15 is 0 Å². The van der Waals surface area contributed by atoms with Gasteiger partial charge in [0.1, 0.15) is 11.4 Å². The molecule has 0 atom stereocenters. The third-order valence-electron chi connectivity index (χ3n) is 4.26. The standard InChI is InChI=1S/C23H25N3O4S/c1-3-5-14-30-22(28)16-6-8-17(9-7-16)24-21(27)20-15-31-23(26-20)25-18-10-12-19(13-11-18)29-4-2/h6-13,15H,3-5,14H2,1-2H3,(H,24,27)(H,25,26). The molecule has 0 saturated heterocycles. The average molecular weight is 440 g/mol. The van der Waals surface area contributed by atoms with Crippen LogP contribution in [0.5, 0.6) is 5.75 Å². The van der Waals surface area contributed by atoms with E-state index in [1.165, 1.54) is 11.3 Å². The number of unbranched alkanes of at least 4 members (excludes halogenated alkanes) is 1. The number of esters is 1. The topological polar surface area (TPSA) is 89.5 Å². The van der Waals surface area contributed by atoms with E-state index in [4.69, 9.17) is 9.47 Å². The number of rotatable bonds is 10. The van der Waals surface area contributed by atoms with Gasteiger partial charge in [-0.05, 0) is 61.9 Å². The Morgan fingerprint density at radius 2 is 1.71 bits per heavy atom. The maximum atomic E-state index is 12.5. The van der Waals surface area contributed by atoms with Gasteiger partial charge in [-0.1, -0.05) is 13.3 Å². The fourth-order valence-electron chi connectivity index (χ4n) is 2.64. The number of thiazole rings is 1. The third-order valence-corrected chi connectivity index (χ3v) is 5.02. The minimum absolute atomic E-state index is 0.307. The molecule has 162 valence electrons. The molecule has 2 N–H and O–H groups in total. The van der Waals surface area contributed by atoms with E-state index in [1.54, 1.807) is 29.6 Å². The summed E-state index contributed by atoms with van der Waals surface area (Å²) in [5.41, 5.74) is 2.18. The lowest BCUT2D eigenvalue weighted by Gasteiger charge is -2.06. The first-order valence-corrected chi connectivity index (χ1v) is 11.0. The highest BCUT2D eigenvalue weighted by atomic mass is 32.1. The molecule has 3 rings (SSSR count). The second kappa shape index (κ2) is 11.1. The fraction of sp³-hybridized carbons (Fsp3) is 0.261. The lowest BCUT2D eigenvalue weighted by atomic mass is 10.2. The van der Waals surface area contributed by atoms with Crippen LogP contribution in [0.25, 0.3) is 0 Å². The summed E-state index contributed by atoms with van der Waals surface area (Å²) in [6, 6.07) is 14.1. The summed E-state index contributed by atoms with van der Waals surface area (Å²) in [6.45, 7) is 4.99. The summed E-state index contributed by atoms with van der Waals surface area (Å²) < 4.78 is 10.6.